The van der Waals surface area contributed by atoms with Gasteiger partial charge in [-0.2, -0.15) is 0 Å². The summed E-state index contributed by atoms with van der Waals surface area (Å²) in [5, 5.41) is 0. The van der Waals surface area contributed by atoms with Crippen molar-refractivity contribution in [2.24, 2.45) is 0 Å². The Hall–Kier alpha value is -0.423. The summed E-state index contributed by atoms with van der Waals surface area (Å²) in [5.41, 5.74) is 3.03. The second-order valence-corrected chi connectivity index (χ2v) is 8.35. The van der Waals surface area contributed by atoms with Crippen molar-refractivity contribution in [1.29, 1.82) is 0 Å². The van der Waals surface area contributed by atoms with E-state index >= 15 is 0 Å². The van der Waals surface area contributed by atoms with Crippen LogP contribution in [0.15, 0.2) is 23.4 Å². The Labute approximate surface area is 98.9 Å². The molecule has 3 nitrogen and oxygen atoms in total. The summed E-state index contributed by atoms with van der Waals surface area (Å²) in [7, 11) is -2.07. The lowest BCUT2D eigenvalue weighted by molar-refractivity contribution is -0.101. The minimum absolute atomic E-state index is 0.0170. The Morgan fingerprint density at radius 2 is 2.31 bits per heavy atom. The zero-order chi connectivity index (χ0) is 12.0. The predicted octanol–water partition coefficient (Wildman–Crippen LogP) is 2.38. The molecule has 1 aliphatic rings. The third-order valence-electron chi connectivity index (χ3n) is 2.33. The molecule has 0 spiro atoms. The van der Waals surface area contributed by atoms with Gasteiger partial charge in [-0.25, -0.2) is 0 Å². The fourth-order valence-corrected chi connectivity index (χ4v) is 2.04. The van der Waals surface area contributed by atoms with Gasteiger partial charge in [-0.15, -0.1) is 0 Å². The lowest BCUT2D eigenvalue weighted by Gasteiger charge is -2.09. The van der Waals surface area contributed by atoms with Crippen LogP contribution in [-0.4, -0.2) is 32.6 Å². The standard InChI is InChI=1S/C12H22O3Si/c1-11(7-10-16(2,3)13)6-9-15-12-5-4-8-14-12/h6-7,10,12-13H,4-5,8-9H2,1-3H3/b10-7+,11-6+. The van der Waals surface area contributed by atoms with Crippen LogP contribution in [0.4, 0.5) is 0 Å². The Kier molecular flexibility index (Phi) is 5.41. The Morgan fingerprint density at radius 1 is 1.56 bits per heavy atom. The van der Waals surface area contributed by atoms with Crippen LogP contribution in [-0.2, 0) is 9.47 Å². The van der Waals surface area contributed by atoms with Crippen molar-refractivity contribution in [3.05, 3.63) is 23.4 Å². The first-order valence-electron chi connectivity index (χ1n) is 5.79. The van der Waals surface area contributed by atoms with Crippen LogP contribution < -0.4 is 0 Å². The molecule has 1 saturated heterocycles. The van der Waals surface area contributed by atoms with Crippen molar-refractivity contribution in [2.45, 2.75) is 39.1 Å². The zero-order valence-corrected chi connectivity index (χ0v) is 11.4. The third kappa shape index (κ3) is 6.22. The quantitative estimate of drug-likeness (QED) is 0.594. The van der Waals surface area contributed by atoms with Gasteiger partial charge in [-0.05, 0) is 26.4 Å². The molecule has 0 bridgehead atoms. The maximum Gasteiger partial charge on any atom is 0.206 e. The average molecular weight is 242 g/mol. The Bertz CT molecular complexity index is 260. The first-order chi connectivity index (χ1) is 7.47. The molecule has 1 rings (SSSR count). The molecule has 0 amide bonds. The van der Waals surface area contributed by atoms with Crippen molar-refractivity contribution >= 4 is 8.32 Å². The first-order valence-corrected chi connectivity index (χ1v) is 8.81. The number of ether oxygens (including phenoxy) is 2. The van der Waals surface area contributed by atoms with E-state index in [1.165, 1.54) is 0 Å². The number of hydrogen-bond acceptors (Lipinski definition) is 3. The fourth-order valence-electron chi connectivity index (χ4n) is 1.37. The van der Waals surface area contributed by atoms with Gasteiger partial charge in [0.1, 0.15) is 0 Å². The summed E-state index contributed by atoms with van der Waals surface area (Å²) in [6.07, 6.45) is 6.05. The maximum absolute atomic E-state index is 9.64. The molecule has 1 N–H and O–H groups in total. The number of hydrogen-bond donors (Lipinski definition) is 1. The van der Waals surface area contributed by atoms with Crippen LogP contribution in [0.2, 0.25) is 13.1 Å². The van der Waals surface area contributed by atoms with Crippen molar-refractivity contribution in [3.8, 4) is 0 Å². The molecule has 1 heterocycles. The van der Waals surface area contributed by atoms with Gasteiger partial charge >= 0.3 is 0 Å². The van der Waals surface area contributed by atoms with Crippen LogP contribution in [0.3, 0.4) is 0 Å². The van der Waals surface area contributed by atoms with E-state index in [-0.39, 0.29) is 6.29 Å². The van der Waals surface area contributed by atoms with E-state index in [0.29, 0.717) is 6.61 Å². The summed E-state index contributed by atoms with van der Waals surface area (Å²) < 4.78 is 10.9. The minimum atomic E-state index is -2.07. The van der Waals surface area contributed by atoms with E-state index in [1.54, 1.807) is 0 Å². The van der Waals surface area contributed by atoms with Gasteiger partial charge in [-0.1, -0.05) is 23.4 Å². The smallest absolute Gasteiger partial charge is 0.206 e. The third-order valence-corrected chi connectivity index (χ3v) is 3.31. The maximum atomic E-state index is 9.64. The molecule has 1 atom stereocenters. The minimum Gasteiger partial charge on any atom is -0.428 e. The van der Waals surface area contributed by atoms with E-state index in [2.05, 4.69) is 0 Å². The molecule has 0 aromatic rings. The molecule has 16 heavy (non-hydrogen) atoms. The van der Waals surface area contributed by atoms with Gasteiger partial charge in [0.2, 0.25) is 8.32 Å². The molecule has 0 aromatic carbocycles. The van der Waals surface area contributed by atoms with Gasteiger partial charge in [0.05, 0.1) is 6.61 Å². The molecule has 0 saturated carbocycles. The average Bonchev–Trinajstić information content (AvgIpc) is 2.66. The largest absolute Gasteiger partial charge is 0.428 e. The summed E-state index contributed by atoms with van der Waals surface area (Å²) in [6.45, 7) is 7.18. The van der Waals surface area contributed by atoms with Crippen LogP contribution in [0.1, 0.15) is 19.8 Å². The molecule has 0 radical (unpaired) electrons. The van der Waals surface area contributed by atoms with Gasteiger partial charge in [0, 0.05) is 13.0 Å². The molecular formula is C12H22O3Si. The summed E-state index contributed by atoms with van der Waals surface area (Å²) in [6, 6.07) is 0. The van der Waals surface area contributed by atoms with Gasteiger partial charge < -0.3 is 14.3 Å². The molecule has 92 valence electrons. The summed E-state index contributed by atoms with van der Waals surface area (Å²) >= 11 is 0. The Balaban J connectivity index is 2.25. The topological polar surface area (TPSA) is 38.7 Å². The fraction of sp³-hybridized carbons (Fsp3) is 0.667. The number of allylic oxidation sites excluding steroid dienone is 2. The van der Waals surface area contributed by atoms with Crippen LogP contribution in [0.5, 0.6) is 0 Å². The van der Waals surface area contributed by atoms with Crippen molar-refractivity contribution < 1.29 is 14.3 Å². The second-order valence-electron chi connectivity index (χ2n) is 4.71. The van der Waals surface area contributed by atoms with Gasteiger partial charge in [-0.3, -0.25) is 0 Å². The van der Waals surface area contributed by atoms with Gasteiger partial charge in [0.25, 0.3) is 0 Å². The van der Waals surface area contributed by atoms with Crippen molar-refractivity contribution in [2.75, 3.05) is 13.2 Å². The lowest BCUT2D eigenvalue weighted by atomic mass is 10.3. The molecule has 1 aliphatic heterocycles. The highest BCUT2D eigenvalue weighted by atomic mass is 28.4. The number of rotatable bonds is 5. The normalized spacial score (nSPS) is 23.2. The second kappa shape index (κ2) is 6.35. The van der Waals surface area contributed by atoms with E-state index in [0.717, 1.165) is 25.0 Å². The van der Waals surface area contributed by atoms with Crippen molar-refractivity contribution in [3.63, 3.8) is 0 Å². The molecular weight excluding hydrogens is 220 g/mol. The Morgan fingerprint density at radius 3 is 2.88 bits per heavy atom. The highest BCUT2D eigenvalue weighted by Gasteiger charge is 2.14. The highest BCUT2D eigenvalue weighted by molar-refractivity contribution is 6.74. The van der Waals surface area contributed by atoms with Crippen molar-refractivity contribution in [1.82, 2.24) is 0 Å². The lowest BCUT2D eigenvalue weighted by Crippen LogP contribution is -2.21. The van der Waals surface area contributed by atoms with E-state index in [9.17, 15) is 4.80 Å². The van der Waals surface area contributed by atoms with Gasteiger partial charge in [0.15, 0.2) is 6.29 Å². The molecule has 1 fully saturated rings. The van der Waals surface area contributed by atoms with E-state index < -0.39 is 8.32 Å². The monoisotopic (exact) mass is 242 g/mol. The molecule has 0 aromatic heterocycles. The zero-order valence-electron chi connectivity index (χ0n) is 10.4. The highest BCUT2D eigenvalue weighted by Crippen LogP contribution is 2.13. The molecule has 1 unspecified atom stereocenters. The SMILES string of the molecule is CC(/C=C/[Si](C)(C)O)=C\COC1CCCO1. The van der Waals surface area contributed by atoms with Crippen LogP contribution in [0, 0.1) is 0 Å². The van der Waals surface area contributed by atoms with Crippen LogP contribution >= 0.6 is 0 Å². The summed E-state index contributed by atoms with van der Waals surface area (Å²) in [5.74, 6) is 0. The molecule has 4 heteroatoms. The van der Waals surface area contributed by atoms with E-state index in [4.69, 9.17) is 9.47 Å². The predicted molar refractivity (Wildman–Crippen MR) is 67.5 cm³/mol. The van der Waals surface area contributed by atoms with Crippen LogP contribution in [0.25, 0.3) is 0 Å². The first kappa shape index (κ1) is 13.6. The molecule has 0 aliphatic carbocycles. The summed E-state index contributed by atoms with van der Waals surface area (Å²) in [4.78, 5) is 9.64. The van der Waals surface area contributed by atoms with E-state index in [1.807, 2.05) is 37.9 Å².